The number of methoxy groups -OCH3 is 1. The van der Waals surface area contributed by atoms with Gasteiger partial charge in [-0.1, -0.05) is 12.1 Å². The van der Waals surface area contributed by atoms with E-state index in [0.29, 0.717) is 58.1 Å². The number of hydrogen-bond acceptors (Lipinski definition) is 7. The van der Waals surface area contributed by atoms with Gasteiger partial charge in [-0.25, -0.2) is 0 Å². The lowest BCUT2D eigenvalue weighted by Crippen LogP contribution is -2.51. The van der Waals surface area contributed by atoms with Crippen molar-refractivity contribution < 1.29 is 19.2 Å². The Morgan fingerprint density at radius 3 is 2.59 bits per heavy atom. The molecule has 1 aliphatic heterocycles. The molecule has 160 valence electrons. The van der Waals surface area contributed by atoms with Crippen molar-refractivity contribution in [3.63, 3.8) is 0 Å². The minimum absolute atomic E-state index is 0.000230. The first-order valence-electron chi connectivity index (χ1n) is 9.74. The van der Waals surface area contributed by atoms with Gasteiger partial charge < -0.3 is 20.3 Å². The van der Waals surface area contributed by atoms with Crippen LogP contribution < -0.4 is 10.6 Å². The average molecular weight is 407 g/mol. The van der Waals surface area contributed by atoms with Crippen molar-refractivity contribution in [2.24, 2.45) is 0 Å². The summed E-state index contributed by atoms with van der Waals surface area (Å²) in [6.07, 6.45) is 1.04. The average Bonchev–Trinajstić information content (AvgIpc) is 2.72. The van der Waals surface area contributed by atoms with Gasteiger partial charge in [-0.05, 0) is 12.5 Å². The standard InChI is InChI=1S/C19H29N5O5/c1-29-14-4-8-21-18(25)15-22-10-12-23(13-11-22)19(26)7-9-20-16-5-2-3-6-17(16)24(27)28/h2-3,5-6,20H,4,7-15H2,1H3,(H,21,25). The van der Waals surface area contributed by atoms with Gasteiger partial charge in [0.15, 0.2) is 0 Å². The van der Waals surface area contributed by atoms with Crippen LogP contribution in [0.15, 0.2) is 24.3 Å². The van der Waals surface area contributed by atoms with E-state index < -0.39 is 4.92 Å². The summed E-state index contributed by atoms with van der Waals surface area (Å²) in [5, 5.41) is 16.8. The number of nitrogens with zero attached hydrogens (tertiary/aromatic N) is 3. The molecule has 0 radical (unpaired) electrons. The van der Waals surface area contributed by atoms with Gasteiger partial charge in [-0.3, -0.25) is 24.6 Å². The number of amides is 2. The van der Waals surface area contributed by atoms with Crippen LogP contribution in [0.5, 0.6) is 0 Å². The molecular formula is C19H29N5O5. The monoisotopic (exact) mass is 407 g/mol. The van der Waals surface area contributed by atoms with Gasteiger partial charge in [-0.2, -0.15) is 0 Å². The molecule has 2 amide bonds. The number of nitro groups is 1. The van der Waals surface area contributed by atoms with Gasteiger partial charge in [-0.15, -0.1) is 0 Å². The first kappa shape index (κ1) is 22.6. The van der Waals surface area contributed by atoms with Crippen LogP contribution in [0, 0.1) is 10.1 Å². The number of nitro benzene ring substituents is 1. The first-order valence-corrected chi connectivity index (χ1v) is 9.74. The molecule has 10 nitrogen and oxygen atoms in total. The molecule has 0 unspecified atom stereocenters. The molecule has 0 bridgehead atoms. The van der Waals surface area contributed by atoms with E-state index >= 15 is 0 Å². The molecule has 0 spiro atoms. The summed E-state index contributed by atoms with van der Waals surface area (Å²) in [5.41, 5.74) is 0.403. The third-order valence-corrected chi connectivity index (χ3v) is 4.69. The maximum atomic E-state index is 12.4. The number of piperazine rings is 1. The Balaban J connectivity index is 1.66. The number of benzene rings is 1. The van der Waals surface area contributed by atoms with E-state index in [1.807, 2.05) is 4.90 Å². The van der Waals surface area contributed by atoms with E-state index in [1.165, 1.54) is 6.07 Å². The lowest BCUT2D eigenvalue weighted by atomic mass is 10.2. The number of carbonyl (C=O) groups excluding carboxylic acids is 2. The summed E-state index contributed by atoms with van der Waals surface area (Å²) < 4.78 is 4.94. The molecule has 1 saturated heterocycles. The van der Waals surface area contributed by atoms with Crippen LogP contribution in [0.4, 0.5) is 11.4 Å². The SMILES string of the molecule is COCCCNC(=O)CN1CCN(C(=O)CCNc2ccccc2[N+](=O)[O-])CC1. The number of anilines is 1. The molecule has 1 aromatic rings. The molecule has 2 N–H and O–H groups in total. The topological polar surface area (TPSA) is 117 Å². The Morgan fingerprint density at radius 2 is 1.90 bits per heavy atom. The van der Waals surface area contributed by atoms with E-state index in [4.69, 9.17) is 4.74 Å². The zero-order valence-corrected chi connectivity index (χ0v) is 16.8. The van der Waals surface area contributed by atoms with Gasteiger partial charge in [0, 0.05) is 65.5 Å². The molecule has 10 heteroatoms. The van der Waals surface area contributed by atoms with Crippen molar-refractivity contribution in [2.45, 2.75) is 12.8 Å². The molecule has 2 rings (SSSR count). The molecule has 0 saturated carbocycles. The summed E-state index contributed by atoms with van der Waals surface area (Å²) in [7, 11) is 1.63. The number of carbonyl (C=O) groups is 2. The number of para-hydroxylation sites is 2. The smallest absolute Gasteiger partial charge is 0.292 e. The van der Waals surface area contributed by atoms with E-state index in [0.717, 1.165) is 6.42 Å². The Hall–Kier alpha value is -2.72. The van der Waals surface area contributed by atoms with E-state index in [9.17, 15) is 19.7 Å². The first-order chi connectivity index (χ1) is 14.0. The van der Waals surface area contributed by atoms with Crippen molar-refractivity contribution in [3.05, 3.63) is 34.4 Å². The second-order valence-electron chi connectivity index (χ2n) is 6.80. The van der Waals surface area contributed by atoms with Crippen LogP contribution in [0.2, 0.25) is 0 Å². The summed E-state index contributed by atoms with van der Waals surface area (Å²) in [6, 6.07) is 6.37. The molecule has 29 heavy (non-hydrogen) atoms. The summed E-state index contributed by atoms with van der Waals surface area (Å²) in [5.74, 6) is -0.0192. The van der Waals surface area contributed by atoms with Crippen LogP contribution in [-0.2, 0) is 14.3 Å². The predicted molar refractivity (Wildman–Crippen MR) is 109 cm³/mol. The normalized spacial score (nSPS) is 14.4. The van der Waals surface area contributed by atoms with E-state index in [-0.39, 0.29) is 23.9 Å². The van der Waals surface area contributed by atoms with Gasteiger partial charge in [0.2, 0.25) is 11.8 Å². The molecule has 1 aromatic carbocycles. The van der Waals surface area contributed by atoms with Gasteiger partial charge in [0.25, 0.3) is 5.69 Å². The van der Waals surface area contributed by atoms with E-state index in [2.05, 4.69) is 10.6 Å². The number of rotatable bonds is 11. The highest BCUT2D eigenvalue weighted by atomic mass is 16.6. The highest BCUT2D eigenvalue weighted by Gasteiger charge is 2.22. The Labute approximate surface area is 170 Å². The van der Waals surface area contributed by atoms with Crippen molar-refractivity contribution in [3.8, 4) is 0 Å². The second-order valence-corrected chi connectivity index (χ2v) is 6.80. The lowest BCUT2D eigenvalue weighted by Gasteiger charge is -2.34. The maximum Gasteiger partial charge on any atom is 0.292 e. The Kier molecular flexibility index (Phi) is 9.32. The fourth-order valence-corrected chi connectivity index (χ4v) is 3.10. The summed E-state index contributed by atoms with van der Waals surface area (Å²) in [6.45, 7) is 4.31. The molecule has 0 aromatic heterocycles. The van der Waals surface area contributed by atoms with Crippen LogP contribution >= 0.6 is 0 Å². The summed E-state index contributed by atoms with van der Waals surface area (Å²) >= 11 is 0. The van der Waals surface area contributed by atoms with Crippen LogP contribution in [0.25, 0.3) is 0 Å². The molecule has 0 atom stereocenters. The quantitative estimate of drug-likeness (QED) is 0.315. The van der Waals surface area contributed by atoms with Crippen LogP contribution in [0.3, 0.4) is 0 Å². The van der Waals surface area contributed by atoms with Gasteiger partial charge in [0.05, 0.1) is 11.5 Å². The molecule has 0 aliphatic carbocycles. The minimum atomic E-state index is -0.447. The van der Waals surface area contributed by atoms with Crippen molar-refractivity contribution in [2.75, 3.05) is 64.8 Å². The number of hydrogen-bond donors (Lipinski definition) is 2. The second kappa shape index (κ2) is 12.0. The highest BCUT2D eigenvalue weighted by Crippen LogP contribution is 2.22. The fourth-order valence-electron chi connectivity index (χ4n) is 3.10. The summed E-state index contributed by atoms with van der Waals surface area (Å²) in [4.78, 5) is 38.7. The highest BCUT2D eigenvalue weighted by molar-refractivity contribution is 5.78. The Bertz CT molecular complexity index is 691. The van der Waals surface area contributed by atoms with Crippen LogP contribution in [0.1, 0.15) is 12.8 Å². The zero-order valence-electron chi connectivity index (χ0n) is 16.8. The van der Waals surface area contributed by atoms with Crippen LogP contribution in [-0.4, -0.2) is 86.1 Å². The molecular weight excluding hydrogens is 378 g/mol. The third-order valence-electron chi connectivity index (χ3n) is 4.69. The van der Waals surface area contributed by atoms with E-state index in [1.54, 1.807) is 30.2 Å². The maximum absolute atomic E-state index is 12.4. The molecule has 1 fully saturated rings. The van der Waals surface area contributed by atoms with Crippen molar-refractivity contribution in [1.82, 2.24) is 15.1 Å². The molecule has 1 aliphatic rings. The predicted octanol–water partition coefficient (Wildman–Crippen LogP) is 0.694. The largest absolute Gasteiger partial charge is 0.385 e. The van der Waals surface area contributed by atoms with Gasteiger partial charge >= 0.3 is 0 Å². The lowest BCUT2D eigenvalue weighted by molar-refractivity contribution is -0.384. The van der Waals surface area contributed by atoms with Crippen molar-refractivity contribution >= 4 is 23.2 Å². The van der Waals surface area contributed by atoms with Crippen molar-refractivity contribution in [1.29, 1.82) is 0 Å². The molecule has 1 heterocycles. The van der Waals surface area contributed by atoms with Gasteiger partial charge in [0.1, 0.15) is 5.69 Å². The Morgan fingerprint density at radius 1 is 1.17 bits per heavy atom. The number of nitrogens with one attached hydrogen (secondary N) is 2. The fraction of sp³-hybridized carbons (Fsp3) is 0.579. The third kappa shape index (κ3) is 7.66. The zero-order chi connectivity index (χ0) is 21.1. The number of ether oxygens (including phenoxy) is 1. The minimum Gasteiger partial charge on any atom is -0.385 e.